The Morgan fingerprint density at radius 1 is 0.889 bits per heavy atom. The Kier molecular flexibility index (Phi) is 3.59. The van der Waals surface area contributed by atoms with Gasteiger partial charge in [-0.1, -0.05) is 60.7 Å². The van der Waals surface area contributed by atoms with Gasteiger partial charge in [0.15, 0.2) is 0 Å². The van der Waals surface area contributed by atoms with Gasteiger partial charge in [0.25, 0.3) is 0 Å². The lowest BCUT2D eigenvalue weighted by atomic mass is 9.79. The van der Waals surface area contributed by atoms with Crippen LogP contribution in [-0.4, -0.2) is 11.3 Å². The summed E-state index contributed by atoms with van der Waals surface area (Å²) in [4.78, 5) is 1.50. The number of anilines is 1. The maximum Gasteiger partial charge on any atom is 0.0410 e. The van der Waals surface area contributed by atoms with Crippen molar-refractivity contribution in [1.82, 2.24) is 0 Å². The number of hydrogen-bond acceptors (Lipinski definition) is 2. The lowest BCUT2D eigenvalue weighted by molar-refractivity contribution is 0.483. The third-order valence-electron chi connectivity index (χ3n) is 7.08. The first kappa shape index (κ1) is 16.1. The molecule has 2 aromatic carbocycles. The first-order valence-electron chi connectivity index (χ1n) is 10.3. The number of thioether (sulfide) groups is 1. The van der Waals surface area contributed by atoms with E-state index in [1.165, 1.54) is 29.0 Å². The molecule has 0 radical (unpaired) electrons. The number of nitrogens with one attached hydrogen (secondary N) is 1. The summed E-state index contributed by atoms with van der Waals surface area (Å²) in [5, 5.41) is 4.49. The zero-order valence-corrected chi connectivity index (χ0v) is 16.5. The number of para-hydroxylation sites is 1. The molecule has 2 heteroatoms. The summed E-state index contributed by atoms with van der Waals surface area (Å²) in [6.07, 6.45) is 12.0. The normalized spacial score (nSPS) is 35.1. The Morgan fingerprint density at radius 3 is 2.48 bits per heavy atom. The van der Waals surface area contributed by atoms with Gasteiger partial charge < -0.3 is 5.32 Å². The van der Waals surface area contributed by atoms with Crippen molar-refractivity contribution in [3.05, 3.63) is 83.5 Å². The van der Waals surface area contributed by atoms with Crippen LogP contribution in [0, 0.1) is 11.8 Å². The van der Waals surface area contributed by atoms with Gasteiger partial charge in [0.2, 0.25) is 0 Å². The molecule has 1 saturated carbocycles. The molecule has 1 nitrogen and oxygen atoms in total. The van der Waals surface area contributed by atoms with Gasteiger partial charge in [-0.05, 0) is 54.4 Å². The van der Waals surface area contributed by atoms with E-state index in [1.54, 1.807) is 11.1 Å². The van der Waals surface area contributed by atoms with E-state index in [-0.39, 0.29) is 0 Å². The molecule has 1 fully saturated rings. The fourth-order valence-corrected chi connectivity index (χ4v) is 7.66. The molecule has 0 amide bonds. The van der Waals surface area contributed by atoms with Crippen LogP contribution in [0.15, 0.2) is 71.7 Å². The fraction of sp³-hybridized carbons (Fsp3) is 0.360. The highest BCUT2D eigenvalue weighted by Gasteiger charge is 2.54. The van der Waals surface area contributed by atoms with Crippen LogP contribution in [0.25, 0.3) is 0 Å². The van der Waals surface area contributed by atoms with Crippen molar-refractivity contribution in [2.75, 3.05) is 5.32 Å². The molecule has 4 aliphatic rings. The topological polar surface area (TPSA) is 12.0 Å². The van der Waals surface area contributed by atoms with E-state index in [2.05, 4.69) is 90.8 Å². The maximum absolute atomic E-state index is 3.85. The number of benzene rings is 2. The van der Waals surface area contributed by atoms with E-state index in [1.807, 2.05) is 0 Å². The summed E-state index contributed by atoms with van der Waals surface area (Å²) in [6.45, 7) is 2.32. The van der Waals surface area contributed by atoms with Crippen molar-refractivity contribution >= 4 is 17.4 Å². The second kappa shape index (κ2) is 6.04. The summed E-state index contributed by atoms with van der Waals surface area (Å²) >= 11 is 2.13. The first-order chi connectivity index (χ1) is 13.3. The molecule has 2 aromatic rings. The lowest BCUT2D eigenvalue weighted by Crippen LogP contribution is -2.25. The monoisotopic (exact) mass is 371 g/mol. The standard InChI is InChI=1S/C25H25NS/c1-15-13-14-16-7-6-11-20(24(16)26-15)23-18-9-3-2-8-17(18)22-19-10-4-5-12-21(19)27-25(22)23/h2-12,15,17-18,22-23,25-26H,13-14H2,1H3. The Hall–Kier alpha value is -1.93. The Balaban J connectivity index is 1.50. The van der Waals surface area contributed by atoms with E-state index in [9.17, 15) is 0 Å². The second-order valence-corrected chi connectivity index (χ2v) is 9.78. The van der Waals surface area contributed by atoms with Gasteiger partial charge in [-0.15, -0.1) is 11.8 Å². The zero-order chi connectivity index (χ0) is 18.0. The van der Waals surface area contributed by atoms with Crippen LogP contribution in [0.1, 0.15) is 41.9 Å². The van der Waals surface area contributed by atoms with Crippen molar-refractivity contribution in [2.24, 2.45) is 11.8 Å². The highest BCUT2D eigenvalue weighted by atomic mass is 32.2. The summed E-state index contributed by atoms with van der Waals surface area (Å²) in [6, 6.07) is 16.7. The molecule has 27 heavy (non-hydrogen) atoms. The number of hydrogen-bond donors (Lipinski definition) is 1. The Bertz CT molecular complexity index is 959. The van der Waals surface area contributed by atoms with Crippen molar-refractivity contribution in [3.8, 4) is 0 Å². The molecule has 1 N–H and O–H groups in total. The number of allylic oxidation sites excluding steroid dienone is 4. The number of fused-ring (bicyclic) bond motifs is 6. The maximum atomic E-state index is 3.85. The highest BCUT2D eigenvalue weighted by molar-refractivity contribution is 8.00. The van der Waals surface area contributed by atoms with Gasteiger partial charge in [0.1, 0.15) is 0 Å². The van der Waals surface area contributed by atoms with Crippen LogP contribution in [0.4, 0.5) is 5.69 Å². The van der Waals surface area contributed by atoms with E-state index >= 15 is 0 Å². The minimum absolute atomic E-state index is 0.571. The predicted octanol–water partition coefficient (Wildman–Crippen LogP) is 6.15. The number of rotatable bonds is 1. The number of aryl methyl sites for hydroxylation is 1. The summed E-state index contributed by atoms with van der Waals surface area (Å²) < 4.78 is 0. The minimum atomic E-state index is 0.571. The predicted molar refractivity (Wildman–Crippen MR) is 115 cm³/mol. The third kappa shape index (κ3) is 2.32. The highest BCUT2D eigenvalue weighted by Crippen LogP contribution is 2.65. The van der Waals surface area contributed by atoms with Gasteiger partial charge in [0.05, 0.1) is 0 Å². The van der Waals surface area contributed by atoms with Gasteiger partial charge in [-0.25, -0.2) is 0 Å². The molecule has 0 spiro atoms. The minimum Gasteiger partial charge on any atom is -0.382 e. The van der Waals surface area contributed by atoms with E-state index in [4.69, 9.17) is 0 Å². The van der Waals surface area contributed by atoms with Gasteiger partial charge in [-0.3, -0.25) is 0 Å². The molecular formula is C25H25NS. The smallest absolute Gasteiger partial charge is 0.0410 e. The largest absolute Gasteiger partial charge is 0.382 e. The molecule has 6 unspecified atom stereocenters. The van der Waals surface area contributed by atoms with Crippen LogP contribution < -0.4 is 5.32 Å². The molecule has 6 rings (SSSR count). The van der Waals surface area contributed by atoms with Crippen LogP contribution in [0.2, 0.25) is 0 Å². The average Bonchev–Trinajstić information content (AvgIpc) is 3.22. The van der Waals surface area contributed by atoms with Gasteiger partial charge in [0, 0.05) is 33.7 Å². The van der Waals surface area contributed by atoms with E-state index < -0.39 is 0 Å². The van der Waals surface area contributed by atoms with Crippen molar-refractivity contribution in [1.29, 1.82) is 0 Å². The van der Waals surface area contributed by atoms with Crippen molar-refractivity contribution in [3.63, 3.8) is 0 Å². The van der Waals surface area contributed by atoms with Crippen LogP contribution in [-0.2, 0) is 6.42 Å². The van der Waals surface area contributed by atoms with Gasteiger partial charge >= 0.3 is 0 Å². The molecule has 0 aromatic heterocycles. The van der Waals surface area contributed by atoms with Crippen LogP contribution in [0.3, 0.4) is 0 Å². The summed E-state index contributed by atoms with van der Waals surface area (Å²) in [7, 11) is 0. The lowest BCUT2D eigenvalue weighted by Gasteiger charge is -2.32. The SMILES string of the molecule is CC1CCc2cccc(C3C4C=CC=CC4C4c5ccccc5SC43)c2N1. The molecule has 2 aliphatic heterocycles. The average molecular weight is 372 g/mol. The van der Waals surface area contributed by atoms with Crippen molar-refractivity contribution in [2.45, 2.75) is 47.8 Å². The van der Waals surface area contributed by atoms with E-state index in [0.29, 0.717) is 35.0 Å². The molecule has 0 saturated heterocycles. The zero-order valence-electron chi connectivity index (χ0n) is 15.6. The molecule has 136 valence electrons. The Morgan fingerprint density at radius 2 is 1.63 bits per heavy atom. The second-order valence-electron chi connectivity index (χ2n) is 8.56. The van der Waals surface area contributed by atoms with Crippen LogP contribution in [0.5, 0.6) is 0 Å². The molecule has 0 bridgehead atoms. The van der Waals surface area contributed by atoms with Crippen molar-refractivity contribution < 1.29 is 0 Å². The molecule has 2 aliphatic carbocycles. The van der Waals surface area contributed by atoms with Gasteiger partial charge in [-0.2, -0.15) is 0 Å². The van der Waals surface area contributed by atoms with Crippen LogP contribution >= 0.6 is 11.8 Å². The quantitative estimate of drug-likeness (QED) is 0.645. The van der Waals surface area contributed by atoms with E-state index in [0.717, 1.165) is 0 Å². The fourth-order valence-electron chi connectivity index (χ4n) is 5.92. The molecular weight excluding hydrogens is 346 g/mol. The first-order valence-corrected chi connectivity index (χ1v) is 11.2. The molecule has 6 atom stereocenters. The summed E-state index contributed by atoms with van der Waals surface area (Å²) in [5.41, 5.74) is 6.10. The Labute approximate surface area is 166 Å². The molecule has 2 heterocycles. The summed E-state index contributed by atoms with van der Waals surface area (Å²) in [5.74, 6) is 2.44. The third-order valence-corrected chi connectivity index (χ3v) is 8.56.